The minimum atomic E-state index is -0.112. The van der Waals surface area contributed by atoms with E-state index in [1.165, 1.54) is 0 Å². The summed E-state index contributed by atoms with van der Waals surface area (Å²) in [5.74, 6) is 1.10. The Kier molecular flexibility index (Phi) is 4.61. The number of nitriles is 1. The number of anilines is 2. The van der Waals surface area contributed by atoms with Crippen LogP contribution in [0.2, 0.25) is 0 Å². The molecule has 0 aliphatic carbocycles. The number of nitrogens with zero attached hydrogens (tertiary/aromatic N) is 6. The van der Waals surface area contributed by atoms with E-state index in [9.17, 15) is 5.26 Å². The van der Waals surface area contributed by atoms with Crippen LogP contribution in [0.5, 0.6) is 5.88 Å². The Bertz CT molecular complexity index is 986. The Hall–Kier alpha value is -3.03. The van der Waals surface area contributed by atoms with Crippen LogP contribution in [0.4, 0.5) is 17.3 Å². The Labute approximate surface area is 167 Å². The van der Waals surface area contributed by atoms with E-state index in [0.717, 1.165) is 18.5 Å². The SMILES string of the molecule is Cn1cc(Nc2ncc3c(n2)C(C2CCOCC2)C(C#N)=N3)c(OC2COC2)n1. The molecule has 5 heterocycles. The highest BCUT2D eigenvalue weighted by atomic mass is 16.6. The van der Waals surface area contributed by atoms with Gasteiger partial charge in [0.15, 0.2) is 0 Å². The van der Waals surface area contributed by atoms with Crippen molar-refractivity contribution in [2.24, 2.45) is 18.0 Å². The monoisotopic (exact) mass is 395 g/mol. The molecule has 0 aromatic carbocycles. The molecule has 1 N–H and O–H groups in total. The predicted molar refractivity (Wildman–Crippen MR) is 103 cm³/mol. The first-order valence-corrected chi connectivity index (χ1v) is 9.69. The minimum Gasteiger partial charge on any atom is -0.467 e. The van der Waals surface area contributed by atoms with Crippen molar-refractivity contribution >= 4 is 23.0 Å². The van der Waals surface area contributed by atoms with E-state index >= 15 is 0 Å². The summed E-state index contributed by atoms with van der Waals surface area (Å²) in [5, 5.41) is 17.1. The number of aromatic nitrogens is 4. The Morgan fingerprint density at radius 1 is 1.28 bits per heavy atom. The molecule has 1 unspecified atom stereocenters. The van der Waals surface area contributed by atoms with E-state index < -0.39 is 0 Å². The second-order valence-corrected chi connectivity index (χ2v) is 7.42. The fourth-order valence-corrected chi connectivity index (χ4v) is 3.88. The van der Waals surface area contributed by atoms with Gasteiger partial charge in [-0.25, -0.2) is 15.0 Å². The van der Waals surface area contributed by atoms with Gasteiger partial charge in [-0.05, 0) is 18.8 Å². The Morgan fingerprint density at radius 3 is 2.83 bits per heavy atom. The molecule has 0 radical (unpaired) electrons. The number of nitrogens with one attached hydrogen (secondary N) is 1. The molecule has 2 aromatic rings. The number of fused-ring (bicyclic) bond motifs is 1. The second kappa shape index (κ2) is 7.42. The number of rotatable bonds is 5. The third-order valence-corrected chi connectivity index (χ3v) is 5.41. The van der Waals surface area contributed by atoms with E-state index in [4.69, 9.17) is 19.2 Å². The van der Waals surface area contributed by atoms with E-state index in [1.807, 2.05) is 13.2 Å². The standard InChI is InChI=1S/C19H21N7O3/c1-26-8-15(18(25-26)29-12-9-28-10-12)23-19-21-7-14-17(24-19)16(13(6-20)22-14)11-2-4-27-5-3-11/h7-8,11-12,16H,2-5,9-10H2,1H3,(H,21,23,24). The number of hydrogen-bond acceptors (Lipinski definition) is 9. The molecule has 150 valence electrons. The summed E-state index contributed by atoms with van der Waals surface area (Å²) in [6, 6.07) is 2.25. The van der Waals surface area contributed by atoms with Crippen molar-refractivity contribution in [2.45, 2.75) is 24.9 Å². The van der Waals surface area contributed by atoms with Gasteiger partial charge >= 0.3 is 0 Å². The van der Waals surface area contributed by atoms with Gasteiger partial charge in [-0.15, -0.1) is 5.10 Å². The number of ether oxygens (including phenoxy) is 3. The summed E-state index contributed by atoms with van der Waals surface area (Å²) in [7, 11) is 1.83. The molecule has 0 spiro atoms. The minimum absolute atomic E-state index is 0.0101. The fraction of sp³-hybridized carbons (Fsp3) is 0.526. The molecule has 0 saturated carbocycles. The van der Waals surface area contributed by atoms with E-state index in [2.05, 4.69) is 26.5 Å². The fourth-order valence-electron chi connectivity index (χ4n) is 3.88. The first-order chi connectivity index (χ1) is 14.2. The highest BCUT2D eigenvalue weighted by Gasteiger charge is 2.37. The van der Waals surface area contributed by atoms with Gasteiger partial charge in [-0.3, -0.25) is 4.68 Å². The largest absolute Gasteiger partial charge is 0.467 e. The van der Waals surface area contributed by atoms with Gasteiger partial charge < -0.3 is 19.5 Å². The van der Waals surface area contributed by atoms with Crippen LogP contribution in [0.3, 0.4) is 0 Å². The smallest absolute Gasteiger partial charge is 0.257 e. The van der Waals surface area contributed by atoms with Crippen molar-refractivity contribution in [3.8, 4) is 11.9 Å². The maximum Gasteiger partial charge on any atom is 0.257 e. The molecule has 5 rings (SSSR count). The van der Waals surface area contributed by atoms with E-state index in [1.54, 1.807) is 10.9 Å². The quantitative estimate of drug-likeness (QED) is 0.814. The molecule has 2 aromatic heterocycles. The van der Waals surface area contributed by atoms with E-state index in [0.29, 0.717) is 61.3 Å². The maximum atomic E-state index is 9.58. The zero-order valence-corrected chi connectivity index (χ0v) is 16.0. The van der Waals surface area contributed by atoms with Gasteiger partial charge in [0, 0.05) is 20.3 Å². The van der Waals surface area contributed by atoms with Crippen LogP contribution >= 0.6 is 0 Å². The molecule has 0 amide bonds. The number of aryl methyl sites for hydroxylation is 1. The normalized spacial score (nSPS) is 21.8. The first kappa shape index (κ1) is 18.0. The average Bonchev–Trinajstić information content (AvgIpc) is 3.24. The highest BCUT2D eigenvalue weighted by molar-refractivity contribution is 6.08. The van der Waals surface area contributed by atoms with Crippen LogP contribution in [0.1, 0.15) is 24.5 Å². The first-order valence-electron chi connectivity index (χ1n) is 9.69. The summed E-state index contributed by atoms with van der Waals surface area (Å²) in [6.07, 6.45) is 5.27. The van der Waals surface area contributed by atoms with Gasteiger partial charge in [-0.2, -0.15) is 5.26 Å². The molecule has 3 aliphatic rings. The van der Waals surface area contributed by atoms with Gasteiger partial charge in [0.05, 0.1) is 37.2 Å². The number of aliphatic imine (C=N–C) groups is 1. The summed E-state index contributed by atoms with van der Waals surface area (Å²) in [4.78, 5) is 13.6. The number of hydrogen-bond donors (Lipinski definition) is 1. The van der Waals surface area contributed by atoms with Crippen molar-refractivity contribution in [3.05, 3.63) is 18.1 Å². The van der Waals surface area contributed by atoms with Gasteiger partial charge in [0.1, 0.15) is 29.3 Å². The lowest BCUT2D eigenvalue weighted by Gasteiger charge is -2.27. The lowest BCUT2D eigenvalue weighted by Crippen LogP contribution is -2.38. The third-order valence-electron chi connectivity index (χ3n) is 5.41. The second-order valence-electron chi connectivity index (χ2n) is 7.42. The Morgan fingerprint density at radius 2 is 2.10 bits per heavy atom. The zero-order chi connectivity index (χ0) is 19.8. The van der Waals surface area contributed by atoms with Crippen LogP contribution in [0, 0.1) is 17.2 Å². The van der Waals surface area contributed by atoms with Crippen LogP contribution < -0.4 is 10.1 Å². The van der Waals surface area contributed by atoms with Crippen molar-refractivity contribution in [3.63, 3.8) is 0 Å². The highest BCUT2D eigenvalue weighted by Crippen LogP contribution is 2.42. The van der Waals surface area contributed by atoms with Crippen LogP contribution in [0.25, 0.3) is 0 Å². The van der Waals surface area contributed by atoms with Crippen molar-refractivity contribution in [1.82, 2.24) is 19.7 Å². The van der Waals surface area contributed by atoms with Crippen molar-refractivity contribution in [2.75, 3.05) is 31.7 Å². The molecule has 10 nitrogen and oxygen atoms in total. The van der Waals surface area contributed by atoms with Gasteiger partial charge in [0.25, 0.3) is 5.88 Å². The molecule has 1 atom stereocenters. The van der Waals surface area contributed by atoms with Crippen molar-refractivity contribution < 1.29 is 14.2 Å². The summed E-state index contributed by atoms with van der Waals surface area (Å²) >= 11 is 0. The van der Waals surface area contributed by atoms with E-state index in [-0.39, 0.29) is 12.0 Å². The van der Waals surface area contributed by atoms with Crippen LogP contribution in [0.15, 0.2) is 17.4 Å². The topological polar surface area (TPSA) is 119 Å². The third kappa shape index (κ3) is 3.43. The molecule has 3 aliphatic heterocycles. The lowest BCUT2D eigenvalue weighted by molar-refractivity contribution is -0.0812. The predicted octanol–water partition coefficient (Wildman–Crippen LogP) is 1.85. The molecule has 2 saturated heterocycles. The lowest BCUT2D eigenvalue weighted by atomic mass is 9.82. The van der Waals surface area contributed by atoms with Crippen LogP contribution in [-0.2, 0) is 16.5 Å². The molecule has 0 bridgehead atoms. The van der Waals surface area contributed by atoms with Gasteiger partial charge in [-0.1, -0.05) is 0 Å². The summed E-state index contributed by atoms with van der Waals surface area (Å²) in [5.41, 5.74) is 2.65. The van der Waals surface area contributed by atoms with Crippen molar-refractivity contribution in [1.29, 1.82) is 5.26 Å². The zero-order valence-electron chi connectivity index (χ0n) is 16.0. The maximum absolute atomic E-state index is 9.58. The molecular formula is C19H21N7O3. The average molecular weight is 395 g/mol. The Balaban J connectivity index is 1.41. The summed E-state index contributed by atoms with van der Waals surface area (Å²) in [6.45, 7) is 2.53. The molecule has 2 fully saturated rings. The van der Waals surface area contributed by atoms with Gasteiger partial charge in [0.2, 0.25) is 5.95 Å². The van der Waals surface area contributed by atoms with Crippen LogP contribution in [-0.4, -0.2) is 58.0 Å². The molecule has 10 heteroatoms. The molecule has 29 heavy (non-hydrogen) atoms. The summed E-state index contributed by atoms with van der Waals surface area (Å²) < 4.78 is 18.2. The molecular weight excluding hydrogens is 374 g/mol.